The normalized spacial score (nSPS) is 15.6. The maximum atomic E-state index is 12.5. The molecule has 1 heterocycles. The summed E-state index contributed by atoms with van der Waals surface area (Å²) in [6.07, 6.45) is 1.46. The monoisotopic (exact) mass is 539 g/mol. The van der Waals surface area contributed by atoms with Gasteiger partial charge in [0, 0.05) is 12.1 Å². The second kappa shape index (κ2) is 10.8. The van der Waals surface area contributed by atoms with Crippen molar-refractivity contribution >= 4 is 45.7 Å². The number of hydrogen-bond acceptors (Lipinski definition) is 6. The summed E-state index contributed by atoms with van der Waals surface area (Å²) in [7, 11) is 1.45. The Balaban J connectivity index is 1.41. The summed E-state index contributed by atoms with van der Waals surface area (Å²) in [5, 5.41) is 13.8. The van der Waals surface area contributed by atoms with Crippen LogP contribution in [0.5, 0.6) is 11.5 Å². The maximum Gasteiger partial charge on any atom is 0.271 e. The minimum absolute atomic E-state index is 0.00626. The first-order valence-corrected chi connectivity index (χ1v) is 12.3. The predicted octanol–water partition coefficient (Wildman–Crippen LogP) is 4.70. The molecule has 4 rings (SSSR count). The number of phenolic OH excluding ortho intramolecular Hbond substituents is 1. The number of rotatable bonds is 7. The first-order valence-electron chi connectivity index (χ1n) is 10.4. The molecule has 0 bridgehead atoms. The molecule has 0 aromatic heterocycles. The zero-order valence-electron chi connectivity index (χ0n) is 18.3. The molecule has 7 nitrogen and oxygen atoms in total. The molecule has 34 heavy (non-hydrogen) atoms. The van der Waals surface area contributed by atoms with Crippen molar-refractivity contribution < 1.29 is 19.4 Å². The average Bonchev–Trinajstić information content (AvgIpc) is 3.21. The van der Waals surface area contributed by atoms with Crippen molar-refractivity contribution in [2.24, 2.45) is 5.10 Å². The summed E-state index contributed by atoms with van der Waals surface area (Å²) >= 11 is 4.83. The van der Waals surface area contributed by atoms with E-state index >= 15 is 0 Å². The molecule has 1 fully saturated rings. The SMILES string of the molecule is COc1cc(/C=N\NC(=O)c2ccc([C@H]3SCC(=O)N3Cc3ccccc3)cc2)cc(Br)c1O. The molecule has 9 heteroatoms. The fraction of sp³-hybridized carbons (Fsp3) is 0.160. The molecule has 1 aliphatic rings. The number of carbonyl (C=O) groups is 2. The Hall–Kier alpha value is -3.30. The number of methoxy groups -OCH3 is 1. The first-order chi connectivity index (χ1) is 16.5. The summed E-state index contributed by atoms with van der Waals surface area (Å²) in [4.78, 5) is 26.8. The van der Waals surface area contributed by atoms with Crippen LogP contribution in [0.25, 0.3) is 0 Å². The van der Waals surface area contributed by atoms with Gasteiger partial charge in [-0.2, -0.15) is 5.10 Å². The molecular weight excluding hydrogens is 518 g/mol. The summed E-state index contributed by atoms with van der Waals surface area (Å²) in [5.41, 5.74) is 5.63. The van der Waals surface area contributed by atoms with E-state index in [0.29, 0.717) is 33.6 Å². The summed E-state index contributed by atoms with van der Waals surface area (Å²) < 4.78 is 5.57. The molecule has 2 N–H and O–H groups in total. The minimum Gasteiger partial charge on any atom is -0.503 e. The highest BCUT2D eigenvalue weighted by Crippen LogP contribution is 2.39. The Morgan fingerprint density at radius 1 is 1.24 bits per heavy atom. The summed E-state index contributed by atoms with van der Waals surface area (Å²) in [5.74, 6) is 0.471. The molecule has 1 aliphatic heterocycles. The number of benzene rings is 3. The van der Waals surface area contributed by atoms with E-state index in [-0.39, 0.29) is 22.9 Å². The van der Waals surface area contributed by atoms with E-state index in [9.17, 15) is 14.7 Å². The lowest BCUT2D eigenvalue weighted by Crippen LogP contribution is -2.27. The highest BCUT2D eigenvalue weighted by atomic mass is 79.9. The van der Waals surface area contributed by atoms with E-state index in [1.165, 1.54) is 13.3 Å². The lowest BCUT2D eigenvalue weighted by atomic mass is 10.1. The van der Waals surface area contributed by atoms with Crippen LogP contribution in [-0.4, -0.2) is 40.9 Å². The smallest absolute Gasteiger partial charge is 0.271 e. The van der Waals surface area contributed by atoms with Crippen molar-refractivity contribution in [2.45, 2.75) is 11.9 Å². The number of thioether (sulfide) groups is 1. The van der Waals surface area contributed by atoms with Crippen LogP contribution in [0, 0.1) is 0 Å². The van der Waals surface area contributed by atoms with Crippen molar-refractivity contribution in [3.8, 4) is 11.5 Å². The fourth-order valence-corrected chi connectivity index (χ4v) is 5.18. The zero-order chi connectivity index (χ0) is 24.1. The quantitative estimate of drug-likeness (QED) is 0.335. The molecule has 2 amide bonds. The second-order valence-electron chi connectivity index (χ2n) is 7.55. The Bertz CT molecular complexity index is 1220. The topological polar surface area (TPSA) is 91.2 Å². The molecule has 1 saturated heterocycles. The van der Waals surface area contributed by atoms with Crippen LogP contribution < -0.4 is 10.2 Å². The number of aromatic hydroxyl groups is 1. The van der Waals surface area contributed by atoms with Gasteiger partial charge in [0.1, 0.15) is 5.37 Å². The van der Waals surface area contributed by atoms with Crippen LogP contribution in [-0.2, 0) is 11.3 Å². The van der Waals surface area contributed by atoms with Crippen molar-refractivity contribution in [2.75, 3.05) is 12.9 Å². The number of amides is 2. The number of hydrogen-bond donors (Lipinski definition) is 2. The molecule has 0 radical (unpaired) electrons. The van der Waals surface area contributed by atoms with Gasteiger partial charge >= 0.3 is 0 Å². The third kappa shape index (κ3) is 5.43. The van der Waals surface area contributed by atoms with Gasteiger partial charge in [-0.05, 0) is 56.9 Å². The number of hydrazone groups is 1. The van der Waals surface area contributed by atoms with Gasteiger partial charge in [0.25, 0.3) is 5.91 Å². The van der Waals surface area contributed by atoms with Gasteiger partial charge < -0.3 is 14.7 Å². The molecule has 0 saturated carbocycles. The van der Waals surface area contributed by atoms with Crippen molar-refractivity contribution in [3.63, 3.8) is 0 Å². The zero-order valence-corrected chi connectivity index (χ0v) is 20.7. The molecule has 3 aromatic rings. The van der Waals surface area contributed by atoms with Crippen LogP contribution in [0.2, 0.25) is 0 Å². The third-order valence-corrected chi connectivity index (χ3v) is 7.13. The van der Waals surface area contributed by atoms with Crippen LogP contribution in [0.3, 0.4) is 0 Å². The Morgan fingerprint density at radius 3 is 2.68 bits per heavy atom. The lowest BCUT2D eigenvalue weighted by Gasteiger charge is -2.24. The number of carbonyl (C=O) groups excluding carboxylic acids is 2. The van der Waals surface area contributed by atoms with Gasteiger partial charge in [-0.3, -0.25) is 9.59 Å². The molecule has 3 aromatic carbocycles. The average molecular weight is 540 g/mol. The predicted molar refractivity (Wildman–Crippen MR) is 136 cm³/mol. The number of nitrogens with zero attached hydrogens (tertiary/aromatic N) is 2. The van der Waals surface area contributed by atoms with Crippen LogP contribution in [0.4, 0.5) is 0 Å². The van der Waals surface area contributed by atoms with E-state index in [1.54, 1.807) is 36.0 Å². The Morgan fingerprint density at radius 2 is 1.97 bits per heavy atom. The van der Waals surface area contributed by atoms with E-state index < -0.39 is 0 Å². The van der Waals surface area contributed by atoms with E-state index in [2.05, 4.69) is 26.5 Å². The molecule has 0 unspecified atom stereocenters. The minimum atomic E-state index is -0.357. The number of nitrogens with one attached hydrogen (secondary N) is 1. The fourth-order valence-electron chi connectivity index (χ4n) is 3.53. The van der Waals surface area contributed by atoms with Gasteiger partial charge in [0.2, 0.25) is 5.91 Å². The Kier molecular flexibility index (Phi) is 7.54. The number of halogens is 1. The van der Waals surface area contributed by atoms with Crippen molar-refractivity contribution in [1.82, 2.24) is 10.3 Å². The van der Waals surface area contributed by atoms with Gasteiger partial charge in [-0.1, -0.05) is 42.5 Å². The largest absolute Gasteiger partial charge is 0.503 e. The van der Waals surface area contributed by atoms with Gasteiger partial charge in [-0.25, -0.2) is 5.43 Å². The highest BCUT2D eigenvalue weighted by Gasteiger charge is 2.32. The molecule has 1 atom stereocenters. The number of ether oxygens (including phenoxy) is 1. The lowest BCUT2D eigenvalue weighted by molar-refractivity contribution is -0.128. The Labute approximate surface area is 209 Å². The standard InChI is InChI=1S/C25H22BrN3O4S/c1-33-21-12-17(11-20(26)23(21)31)13-27-28-24(32)18-7-9-19(10-8-18)25-29(22(30)15-34-25)14-16-5-3-2-4-6-16/h2-13,25,31H,14-15H2,1H3,(H,28,32)/b27-13-/t25-/m1/s1. The van der Waals surface area contributed by atoms with Crippen LogP contribution in [0.15, 0.2) is 76.3 Å². The molecule has 0 aliphatic carbocycles. The third-order valence-electron chi connectivity index (χ3n) is 5.27. The van der Waals surface area contributed by atoms with E-state index in [1.807, 2.05) is 47.4 Å². The van der Waals surface area contributed by atoms with Crippen molar-refractivity contribution in [1.29, 1.82) is 0 Å². The molecule has 0 spiro atoms. The maximum absolute atomic E-state index is 12.5. The van der Waals surface area contributed by atoms with Crippen LogP contribution in [0.1, 0.15) is 32.4 Å². The molecular formula is C25H22BrN3O4S. The van der Waals surface area contributed by atoms with Gasteiger partial charge in [0.15, 0.2) is 11.5 Å². The van der Waals surface area contributed by atoms with E-state index in [0.717, 1.165) is 11.1 Å². The van der Waals surface area contributed by atoms with Gasteiger partial charge in [0.05, 0.1) is 23.5 Å². The summed E-state index contributed by atoms with van der Waals surface area (Å²) in [6, 6.07) is 20.4. The first kappa shape index (κ1) is 23.8. The van der Waals surface area contributed by atoms with Gasteiger partial charge in [-0.15, -0.1) is 11.8 Å². The molecule has 174 valence electrons. The second-order valence-corrected chi connectivity index (χ2v) is 9.47. The van der Waals surface area contributed by atoms with Crippen LogP contribution >= 0.6 is 27.7 Å². The van der Waals surface area contributed by atoms with Crippen molar-refractivity contribution in [3.05, 3.63) is 93.5 Å². The summed E-state index contributed by atoms with van der Waals surface area (Å²) in [6.45, 7) is 0.548. The highest BCUT2D eigenvalue weighted by molar-refractivity contribution is 9.10. The van der Waals surface area contributed by atoms with E-state index in [4.69, 9.17) is 4.74 Å². The number of phenols is 1.